The third-order valence-corrected chi connectivity index (χ3v) is 6.07. The molecule has 1 atom stereocenters. The predicted octanol–water partition coefficient (Wildman–Crippen LogP) is 3.67. The average Bonchev–Trinajstić information content (AvgIpc) is 3.01. The van der Waals surface area contributed by atoms with Crippen LogP contribution in [0, 0.1) is 12.3 Å². The number of aryl methyl sites for hydroxylation is 1. The Morgan fingerprint density at radius 3 is 2.14 bits per heavy atom. The zero-order chi connectivity index (χ0) is 20.5. The summed E-state index contributed by atoms with van der Waals surface area (Å²) >= 11 is 0. The number of fused-ring (bicyclic) bond motifs is 3. The fraction of sp³-hybridized carbons (Fsp3) is 0.292. The lowest BCUT2D eigenvalue weighted by Crippen LogP contribution is -2.37. The molecule has 1 aromatic heterocycles. The highest BCUT2D eigenvalue weighted by Gasteiger charge is 2.44. The molecule has 2 aliphatic rings. The summed E-state index contributed by atoms with van der Waals surface area (Å²) < 4.78 is 2.97. The van der Waals surface area contributed by atoms with E-state index in [0.717, 1.165) is 11.1 Å². The van der Waals surface area contributed by atoms with Crippen LogP contribution in [0.3, 0.4) is 0 Å². The van der Waals surface area contributed by atoms with Crippen molar-refractivity contribution in [3.05, 3.63) is 85.9 Å². The number of aromatic nitrogens is 2. The summed E-state index contributed by atoms with van der Waals surface area (Å²) in [5, 5.41) is 0.776. The quantitative estimate of drug-likeness (QED) is 0.641. The number of benzene rings is 2. The molecule has 29 heavy (non-hydrogen) atoms. The number of allylic oxidation sites excluding steroid dienone is 2. The summed E-state index contributed by atoms with van der Waals surface area (Å²) in [5.74, 6) is 0.0147. The van der Waals surface area contributed by atoms with Gasteiger partial charge in [0, 0.05) is 12.0 Å². The summed E-state index contributed by atoms with van der Waals surface area (Å²) in [6.07, 6.45) is 0.985. The first-order valence-corrected chi connectivity index (χ1v) is 9.88. The minimum absolute atomic E-state index is 0.0147. The highest BCUT2D eigenvalue weighted by Crippen LogP contribution is 2.46. The largest absolute Gasteiger partial charge is 0.294 e. The number of hydrogen-bond donors (Lipinski definition) is 0. The van der Waals surface area contributed by atoms with E-state index in [2.05, 4.69) is 0 Å². The van der Waals surface area contributed by atoms with Crippen LogP contribution in [0.15, 0.2) is 63.7 Å². The highest BCUT2D eigenvalue weighted by molar-refractivity contribution is 6.04. The zero-order valence-electron chi connectivity index (χ0n) is 16.7. The van der Waals surface area contributed by atoms with Crippen molar-refractivity contribution in [3.8, 4) is 0 Å². The van der Waals surface area contributed by atoms with Gasteiger partial charge >= 0.3 is 0 Å². The van der Waals surface area contributed by atoms with Crippen LogP contribution < -0.4 is 11.1 Å². The van der Waals surface area contributed by atoms with Crippen molar-refractivity contribution in [1.29, 1.82) is 0 Å². The molecule has 0 saturated carbocycles. The van der Waals surface area contributed by atoms with Gasteiger partial charge in [-0.15, -0.1) is 0 Å². The molecule has 0 radical (unpaired) electrons. The van der Waals surface area contributed by atoms with Gasteiger partial charge in [0.1, 0.15) is 6.04 Å². The van der Waals surface area contributed by atoms with Crippen LogP contribution in [0.25, 0.3) is 16.5 Å². The Kier molecular flexibility index (Phi) is 3.63. The number of rotatable bonds is 1. The van der Waals surface area contributed by atoms with Crippen LogP contribution in [0.2, 0.25) is 0 Å². The summed E-state index contributed by atoms with van der Waals surface area (Å²) in [6.45, 7) is 6.06. The third-order valence-electron chi connectivity index (χ3n) is 6.07. The molecule has 0 fully saturated rings. The van der Waals surface area contributed by atoms with E-state index in [4.69, 9.17) is 0 Å². The summed E-state index contributed by atoms with van der Waals surface area (Å²) in [6, 6.07) is 14.2. The Balaban J connectivity index is 1.92. The lowest BCUT2D eigenvalue weighted by atomic mass is 9.74. The van der Waals surface area contributed by atoms with E-state index in [1.54, 1.807) is 24.3 Å². The van der Waals surface area contributed by atoms with E-state index in [9.17, 15) is 14.4 Å². The van der Waals surface area contributed by atoms with E-state index < -0.39 is 6.04 Å². The summed E-state index contributed by atoms with van der Waals surface area (Å²) in [4.78, 5) is 40.2. The Morgan fingerprint density at radius 1 is 0.862 bits per heavy atom. The fourth-order valence-electron chi connectivity index (χ4n) is 4.75. The molecule has 0 unspecified atom stereocenters. The van der Waals surface area contributed by atoms with Crippen molar-refractivity contribution in [1.82, 2.24) is 9.36 Å². The smallest absolute Gasteiger partial charge is 0.277 e. The van der Waals surface area contributed by atoms with Gasteiger partial charge in [0.2, 0.25) is 0 Å². The second-order valence-electron chi connectivity index (χ2n) is 8.93. The fourth-order valence-corrected chi connectivity index (χ4v) is 4.75. The number of nitrogens with zero attached hydrogens (tertiary/aromatic N) is 2. The number of Topliss-reactive ketones (excluding diaryl/α,β-unsaturated/α-hetero) is 1. The molecule has 0 saturated heterocycles. The Bertz CT molecular complexity index is 1340. The summed E-state index contributed by atoms with van der Waals surface area (Å²) in [5.41, 5.74) is 2.45. The van der Waals surface area contributed by atoms with Gasteiger partial charge in [-0.3, -0.25) is 14.4 Å². The van der Waals surface area contributed by atoms with Gasteiger partial charge < -0.3 is 0 Å². The number of carbonyl (C=O) groups is 1. The molecule has 1 aliphatic heterocycles. The lowest BCUT2D eigenvalue weighted by Gasteiger charge is -2.30. The van der Waals surface area contributed by atoms with E-state index in [1.807, 2.05) is 45.0 Å². The van der Waals surface area contributed by atoms with Crippen LogP contribution >= 0.6 is 0 Å². The van der Waals surface area contributed by atoms with Gasteiger partial charge in [0.15, 0.2) is 5.78 Å². The van der Waals surface area contributed by atoms with Crippen LogP contribution in [0.5, 0.6) is 0 Å². The number of hydrogen-bond acceptors (Lipinski definition) is 3. The molecule has 0 bridgehead atoms. The molecule has 146 valence electrons. The van der Waals surface area contributed by atoms with Gasteiger partial charge in [0.05, 0.1) is 16.5 Å². The normalized spacial score (nSPS) is 20.1. The maximum absolute atomic E-state index is 13.5. The molecule has 0 amide bonds. The standard InChI is InChI=1S/C24H22N2O3/c1-14-8-10-15(11-9-14)21-20-18(12-24(2,3)13-19(20)27)25-22(28)16-6-4-5-7-17(16)23(29)26(21)25/h4-11,21H,12-13H2,1-3H3/t21-/m1/s1. The van der Waals surface area contributed by atoms with E-state index in [1.165, 1.54) is 9.36 Å². The molecule has 0 spiro atoms. The first kappa shape index (κ1) is 17.9. The van der Waals surface area contributed by atoms with Crippen molar-refractivity contribution < 1.29 is 4.79 Å². The monoisotopic (exact) mass is 386 g/mol. The van der Waals surface area contributed by atoms with Crippen molar-refractivity contribution in [3.63, 3.8) is 0 Å². The number of ketones is 1. The van der Waals surface area contributed by atoms with E-state index in [-0.39, 0.29) is 22.3 Å². The van der Waals surface area contributed by atoms with E-state index >= 15 is 0 Å². The predicted molar refractivity (Wildman–Crippen MR) is 113 cm³/mol. The molecular weight excluding hydrogens is 364 g/mol. The number of carbonyl (C=O) groups excluding carboxylic acids is 1. The van der Waals surface area contributed by atoms with Crippen LogP contribution in [-0.2, 0) is 4.79 Å². The van der Waals surface area contributed by atoms with Crippen LogP contribution in [0.4, 0.5) is 0 Å². The van der Waals surface area contributed by atoms with Crippen molar-refractivity contribution >= 4 is 22.3 Å². The molecule has 1 aliphatic carbocycles. The average molecular weight is 386 g/mol. The van der Waals surface area contributed by atoms with Crippen LogP contribution in [0.1, 0.15) is 43.9 Å². The minimum Gasteiger partial charge on any atom is -0.294 e. The van der Waals surface area contributed by atoms with Crippen molar-refractivity contribution in [2.45, 2.75) is 39.7 Å². The maximum atomic E-state index is 13.5. The Hall–Kier alpha value is -3.21. The Labute approximate surface area is 167 Å². The van der Waals surface area contributed by atoms with Gasteiger partial charge in [0.25, 0.3) is 11.1 Å². The highest BCUT2D eigenvalue weighted by atomic mass is 16.2. The maximum Gasteiger partial charge on any atom is 0.277 e. The molecular formula is C24H22N2O3. The van der Waals surface area contributed by atoms with Crippen LogP contribution in [-0.4, -0.2) is 15.1 Å². The van der Waals surface area contributed by atoms with Gasteiger partial charge in [-0.1, -0.05) is 55.8 Å². The van der Waals surface area contributed by atoms with Crippen molar-refractivity contribution in [2.24, 2.45) is 5.41 Å². The van der Waals surface area contributed by atoms with Gasteiger partial charge in [-0.2, -0.15) is 0 Å². The molecule has 5 nitrogen and oxygen atoms in total. The minimum atomic E-state index is -0.570. The molecule has 2 aromatic carbocycles. The first-order chi connectivity index (χ1) is 13.8. The zero-order valence-corrected chi connectivity index (χ0v) is 16.7. The molecule has 2 heterocycles. The third kappa shape index (κ3) is 2.50. The van der Waals surface area contributed by atoms with Crippen molar-refractivity contribution in [2.75, 3.05) is 0 Å². The van der Waals surface area contributed by atoms with Gasteiger partial charge in [-0.25, -0.2) is 9.36 Å². The molecule has 5 heteroatoms. The topological polar surface area (TPSA) is 61.1 Å². The first-order valence-electron chi connectivity index (χ1n) is 9.88. The second kappa shape index (κ2) is 5.89. The second-order valence-corrected chi connectivity index (χ2v) is 8.93. The lowest BCUT2D eigenvalue weighted by molar-refractivity contribution is -0.118. The molecule has 3 aromatic rings. The molecule has 0 N–H and O–H groups in total. The Morgan fingerprint density at radius 2 is 1.48 bits per heavy atom. The SMILES string of the molecule is Cc1ccc([C@@H]2C3=C(CC(C)(C)CC3=O)n3c(=O)c4ccccc4c(=O)n32)cc1. The molecule has 5 rings (SSSR count). The van der Waals surface area contributed by atoms with Gasteiger partial charge in [-0.05, 0) is 36.5 Å². The summed E-state index contributed by atoms with van der Waals surface area (Å²) in [7, 11) is 0. The van der Waals surface area contributed by atoms with E-state index in [0.29, 0.717) is 34.9 Å².